The summed E-state index contributed by atoms with van der Waals surface area (Å²) in [6.07, 6.45) is 1.73. The quantitative estimate of drug-likeness (QED) is 0.811. The Morgan fingerprint density at radius 3 is 2.65 bits per heavy atom. The number of nitrogens with one attached hydrogen (secondary N) is 1. The summed E-state index contributed by atoms with van der Waals surface area (Å²) in [5.74, 6) is 0.0944. The third kappa shape index (κ3) is 4.41. The van der Waals surface area contributed by atoms with Gasteiger partial charge in [-0.2, -0.15) is 0 Å². The fourth-order valence-corrected chi connectivity index (χ4v) is 2.06. The van der Waals surface area contributed by atoms with E-state index in [-0.39, 0.29) is 11.8 Å². The zero-order chi connectivity index (χ0) is 12.9. The van der Waals surface area contributed by atoms with Crippen LogP contribution in [0, 0.1) is 0 Å². The maximum atomic E-state index is 11.5. The lowest BCUT2D eigenvalue weighted by Crippen LogP contribution is -2.32. The number of hydrogen-bond acceptors (Lipinski definition) is 4. The molecule has 0 aliphatic rings. The SMILES string of the molecule is CC(NCCS(=O)(=O)N(C)C)c1ccccn1. The molecule has 0 saturated carbocycles. The van der Waals surface area contributed by atoms with Gasteiger partial charge in [0.05, 0.1) is 11.4 Å². The highest BCUT2D eigenvalue weighted by atomic mass is 32.2. The summed E-state index contributed by atoms with van der Waals surface area (Å²) in [6.45, 7) is 2.38. The molecule has 1 N–H and O–H groups in total. The van der Waals surface area contributed by atoms with Crippen molar-refractivity contribution in [2.24, 2.45) is 0 Å². The van der Waals surface area contributed by atoms with Gasteiger partial charge < -0.3 is 5.32 Å². The minimum Gasteiger partial charge on any atom is -0.308 e. The monoisotopic (exact) mass is 257 g/mol. The lowest BCUT2D eigenvalue weighted by molar-refractivity contribution is 0.511. The Balaban J connectivity index is 2.43. The largest absolute Gasteiger partial charge is 0.308 e. The number of sulfonamides is 1. The molecule has 0 radical (unpaired) electrons. The number of rotatable bonds is 6. The van der Waals surface area contributed by atoms with Gasteiger partial charge in [0.2, 0.25) is 10.0 Å². The molecular weight excluding hydrogens is 238 g/mol. The highest BCUT2D eigenvalue weighted by Crippen LogP contribution is 2.07. The molecule has 1 rings (SSSR count). The number of hydrogen-bond donors (Lipinski definition) is 1. The Labute approximate surface area is 103 Å². The van der Waals surface area contributed by atoms with Crippen molar-refractivity contribution >= 4 is 10.0 Å². The van der Waals surface area contributed by atoms with Gasteiger partial charge in [0.25, 0.3) is 0 Å². The van der Waals surface area contributed by atoms with Crippen molar-refractivity contribution < 1.29 is 8.42 Å². The molecule has 0 aliphatic heterocycles. The summed E-state index contributed by atoms with van der Waals surface area (Å²) in [4.78, 5) is 4.21. The minimum absolute atomic E-state index is 0.0496. The van der Waals surface area contributed by atoms with E-state index < -0.39 is 10.0 Å². The minimum atomic E-state index is -3.13. The van der Waals surface area contributed by atoms with Gasteiger partial charge in [-0.15, -0.1) is 0 Å². The van der Waals surface area contributed by atoms with E-state index in [1.807, 2.05) is 25.1 Å². The van der Waals surface area contributed by atoms with E-state index in [2.05, 4.69) is 10.3 Å². The molecule has 6 heteroatoms. The predicted octanol–water partition coefficient (Wildman–Crippen LogP) is 0.624. The van der Waals surface area contributed by atoms with Crippen LogP contribution in [-0.2, 0) is 10.0 Å². The molecule has 0 aliphatic carbocycles. The summed E-state index contributed by atoms with van der Waals surface area (Å²) in [6, 6.07) is 5.73. The molecule has 0 saturated heterocycles. The van der Waals surface area contributed by atoms with Crippen molar-refractivity contribution in [2.75, 3.05) is 26.4 Å². The van der Waals surface area contributed by atoms with Crippen LogP contribution in [0.3, 0.4) is 0 Å². The zero-order valence-electron chi connectivity index (χ0n) is 10.4. The second kappa shape index (κ2) is 6.09. The first-order chi connectivity index (χ1) is 7.93. The van der Waals surface area contributed by atoms with E-state index in [1.165, 1.54) is 18.4 Å². The second-order valence-corrected chi connectivity index (χ2v) is 6.33. The van der Waals surface area contributed by atoms with Gasteiger partial charge >= 0.3 is 0 Å². The Morgan fingerprint density at radius 1 is 1.41 bits per heavy atom. The molecular formula is C11H19N3O2S. The van der Waals surface area contributed by atoms with Crippen molar-refractivity contribution in [3.05, 3.63) is 30.1 Å². The van der Waals surface area contributed by atoms with Crippen LogP contribution in [0.1, 0.15) is 18.7 Å². The summed E-state index contributed by atoms with van der Waals surface area (Å²) in [5.41, 5.74) is 0.912. The van der Waals surface area contributed by atoms with Gasteiger partial charge in [-0.3, -0.25) is 4.98 Å². The molecule has 1 aromatic rings. The third-order valence-corrected chi connectivity index (χ3v) is 4.33. The molecule has 1 aromatic heterocycles. The van der Waals surface area contributed by atoms with Gasteiger partial charge in [0, 0.05) is 32.9 Å². The lowest BCUT2D eigenvalue weighted by atomic mass is 10.2. The molecule has 1 unspecified atom stereocenters. The fraction of sp³-hybridized carbons (Fsp3) is 0.545. The number of pyridine rings is 1. The van der Waals surface area contributed by atoms with E-state index in [9.17, 15) is 8.42 Å². The average molecular weight is 257 g/mol. The molecule has 0 amide bonds. The summed E-state index contributed by atoms with van der Waals surface area (Å²) in [5, 5.41) is 3.14. The van der Waals surface area contributed by atoms with Crippen LogP contribution in [0.25, 0.3) is 0 Å². The van der Waals surface area contributed by atoms with Crippen molar-refractivity contribution in [2.45, 2.75) is 13.0 Å². The summed E-state index contributed by atoms with van der Waals surface area (Å²) < 4.78 is 24.3. The molecule has 96 valence electrons. The first-order valence-corrected chi connectivity index (χ1v) is 7.09. The molecule has 5 nitrogen and oxygen atoms in total. The summed E-state index contributed by atoms with van der Waals surface area (Å²) in [7, 11) is -0.0472. The van der Waals surface area contributed by atoms with Gasteiger partial charge in [-0.25, -0.2) is 12.7 Å². The third-order valence-electron chi connectivity index (χ3n) is 2.50. The Morgan fingerprint density at radius 2 is 2.12 bits per heavy atom. The van der Waals surface area contributed by atoms with Crippen LogP contribution in [0.5, 0.6) is 0 Å². The maximum Gasteiger partial charge on any atom is 0.214 e. The molecule has 0 aromatic carbocycles. The number of aromatic nitrogens is 1. The Kier molecular flexibility index (Phi) is 5.04. The standard InChI is InChI=1S/C11H19N3O2S/c1-10(11-6-4-5-7-13-11)12-8-9-17(15,16)14(2)3/h4-7,10,12H,8-9H2,1-3H3. The van der Waals surface area contributed by atoms with Gasteiger partial charge in [-0.05, 0) is 19.1 Å². The second-order valence-electron chi connectivity index (χ2n) is 4.03. The zero-order valence-corrected chi connectivity index (χ0v) is 11.2. The van der Waals surface area contributed by atoms with Gasteiger partial charge in [0.15, 0.2) is 0 Å². The number of nitrogens with zero attached hydrogens (tertiary/aromatic N) is 2. The summed E-state index contributed by atoms with van der Waals surface area (Å²) >= 11 is 0. The normalized spacial score (nSPS) is 13.9. The van der Waals surface area contributed by atoms with Gasteiger partial charge in [-0.1, -0.05) is 6.07 Å². The van der Waals surface area contributed by atoms with E-state index in [0.29, 0.717) is 6.54 Å². The van der Waals surface area contributed by atoms with Crippen molar-refractivity contribution in [3.63, 3.8) is 0 Å². The van der Waals surface area contributed by atoms with Crippen LogP contribution in [-0.4, -0.2) is 44.1 Å². The first-order valence-electron chi connectivity index (χ1n) is 5.48. The highest BCUT2D eigenvalue weighted by Gasteiger charge is 2.14. The molecule has 1 heterocycles. The van der Waals surface area contributed by atoms with Crippen molar-refractivity contribution in [3.8, 4) is 0 Å². The molecule has 0 spiro atoms. The highest BCUT2D eigenvalue weighted by molar-refractivity contribution is 7.89. The smallest absolute Gasteiger partial charge is 0.214 e. The maximum absolute atomic E-state index is 11.5. The van der Waals surface area contributed by atoms with Crippen LogP contribution in [0.15, 0.2) is 24.4 Å². The van der Waals surface area contributed by atoms with E-state index in [4.69, 9.17) is 0 Å². The van der Waals surface area contributed by atoms with Crippen LogP contribution >= 0.6 is 0 Å². The van der Waals surface area contributed by atoms with Crippen molar-refractivity contribution in [1.29, 1.82) is 0 Å². The molecule has 17 heavy (non-hydrogen) atoms. The topological polar surface area (TPSA) is 62.3 Å². The first kappa shape index (κ1) is 14.1. The average Bonchev–Trinajstić information content (AvgIpc) is 2.29. The fourth-order valence-electron chi connectivity index (χ4n) is 1.32. The van der Waals surface area contributed by atoms with Crippen LogP contribution in [0.4, 0.5) is 0 Å². The lowest BCUT2D eigenvalue weighted by Gasteiger charge is -2.15. The van der Waals surface area contributed by atoms with E-state index >= 15 is 0 Å². The van der Waals surface area contributed by atoms with Crippen molar-refractivity contribution in [1.82, 2.24) is 14.6 Å². The predicted molar refractivity (Wildman–Crippen MR) is 68.1 cm³/mol. The van der Waals surface area contributed by atoms with E-state index in [1.54, 1.807) is 6.20 Å². The molecule has 0 fully saturated rings. The Bertz CT molecular complexity index is 431. The van der Waals surface area contributed by atoms with Gasteiger partial charge in [0.1, 0.15) is 0 Å². The molecule has 1 atom stereocenters. The Hall–Kier alpha value is -0.980. The van der Waals surface area contributed by atoms with E-state index in [0.717, 1.165) is 5.69 Å². The van der Waals surface area contributed by atoms with Crippen LogP contribution < -0.4 is 5.32 Å². The van der Waals surface area contributed by atoms with Crippen LogP contribution in [0.2, 0.25) is 0 Å². The molecule has 0 bridgehead atoms.